The summed E-state index contributed by atoms with van der Waals surface area (Å²) in [5, 5.41) is 1.26. The third-order valence-corrected chi connectivity index (χ3v) is 4.30. The number of aromatic nitrogens is 2. The number of nitrogens with zero attached hydrogens (tertiary/aromatic N) is 2. The van der Waals surface area contributed by atoms with Gasteiger partial charge in [-0.1, -0.05) is 37.3 Å². The van der Waals surface area contributed by atoms with E-state index < -0.39 is 0 Å². The summed E-state index contributed by atoms with van der Waals surface area (Å²) < 4.78 is 2.27. The lowest BCUT2D eigenvalue weighted by atomic mass is 9.93. The van der Waals surface area contributed by atoms with Gasteiger partial charge in [0, 0.05) is 34.7 Å². The SMILES string of the molecule is CC1CC=Cc2c1n(-c1cc(N)nc(N)c1)c1ccccc21. The molecule has 4 nitrogen and oxygen atoms in total. The third-order valence-electron chi connectivity index (χ3n) is 4.30. The van der Waals surface area contributed by atoms with Gasteiger partial charge < -0.3 is 16.0 Å². The van der Waals surface area contributed by atoms with Crippen LogP contribution in [0.1, 0.15) is 30.5 Å². The highest BCUT2D eigenvalue weighted by atomic mass is 15.0. The molecule has 0 spiro atoms. The molecule has 2 aromatic heterocycles. The van der Waals surface area contributed by atoms with Crippen molar-refractivity contribution in [1.82, 2.24) is 9.55 Å². The minimum absolute atomic E-state index is 0.445. The summed E-state index contributed by atoms with van der Waals surface area (Å²) in [5.74, 6) is 1.34. The van der Waals surface area contributed by atoms with Gasteiger partial charge in [0.25, 0.3) is 0 Å². The molecule has 3 aromatic rings. The molecule has 0 aliphatic heterocycles. The Kier molecular flexibility index (Phi) is 2.73. The normalized spacial score (nSPS) is 16.9. The summed E-state index contributed by atoms with van der Waals surface area (Å²) in [5.41, 5.74) is 16.6. The molecule has 0 saturated carbocycles. The van der Waals surface area contributed by atoms with E-state index in [1.807, 2.05) is 12.1 Å². The van der Waals surface area contributed by atoms with Crippen molar-refractivity contribution < 1.29 is 0 Å². The highest BCUT2D eigenvalue weighted by Crippen LogP contribution is 2.39. The minimum atomic E-state index is 0.445. The van der Waals surface area contributed by atoms with E-state index in [-0.39, 0.29) is 0 Å². The standard InChI is InChI=1S/C18H18N4/c1-11-5-4-7-14-13-6-2-3-8-15(13)22(18(11)14)12-9-16(19)21-17(20)10-12/h2-4,6-11H,5H2,1H3,(H4,19,20,21). The number of benzene rings is 1. The van der Waals surface area contributed by atoms with Gasteiger partial charge in [-0.05, 0) is 12.5 Å². The predicted molar refractivity (Wildman–Crippen MR) is 92.0 cm³/mol. The maximum absolute atomic E-state index is 5.90. The molecule has 2 heterocycles. The molecular formula is C18H18N4. The Labute approximate surface area is 129 Å². The highest BCUT2D eigenvalue weighted by molar-refractivity contribution is 5.93. The van der Waals surface area contributed by atoms with E-state index in [1.54, 1.807) is 0 Å². The van der Waals surface area contributed by atoms with Crippen LogP contribution in [0.25, 0.3) is 22.7 Å². The maximum atomic E-state index is 5.90. The van der Waals surface area contributed by atoms with Crippen molar-refractivity contribution in [2.24, 2.45) is 0 Å². The van der Waals surface area contributed by atoms with Gasteiger partial charge in [0.1, 0.15) is 11.6 Å². The Morgan fingerprint density at radius 3 is 2.64 bits per heavy atom. The van der Waals surface area contributed by atoms with E-state index in [0.717, 1.165) is 12.1 Å². The Balaban J connectivity index is 2.13. The fraction of sp³-hybridized carbons (Fsp3) is 0.167. The van der Waals surface area contributed by atoms with Crippen LogP contribution in [0, 0.1) is 0 Å². The van der Waals surface area contributed by atoms with Crippen molar-refractivity contribution in [3.8, 4) is 5.69 Å². The molecule has 1 aromatic carbocycles. The van der Waals surface area contributed by atoms with Crippen molar-refractivity contribution in [3.05, 3.63) is 53.7 Å². The molecule has 0 amide bonds. The lowest BCUT2D eigenvalue weighted by Crippen LogP contribution is -2.08. The fourth-order valence-electron chi connectivity index (χ4n) is 3.41. The molecule has 4 N–H and O–H groups in total. The van der Waals surface area contributed by atoms with Crippen molar-refractivity contribution in [2.45, 2.75) is 19.3 Å². The zero-order valence-corrected chi connectivity index (χ0v) is 12.5. The van der Waals surface area contributed by atoms with Crippen LogP contribution in [0.3, 0.4) is 0 Å². The number of anilines is 2. The van der Waals surface area contributed by atoms with Crippen LogP contribution in [0.4, 0.5) is 11.6 Å². The van der Waals surface area contributed by atoms with E-state index in [2.05, 4.69) is 52.9 Å². The average molecular weight is 290 g/mol. The number of allylic oxidation sites excluding steroid dienone is 1. The zero-order chi connectivity index (χ0) is 15.3. The molecule has 110 valence electrons. The molecular weight excluding hydrogens is 272 g/mol. The van der Waals surface area contributed by atoms with E-state index >= 15 is 0 Å². The summed E-state index contributed by atoms with van der Waals surface area (Å²) >= 11 is 0. The van der Waals surface area contributed by atoms with Crippen LogP contribution in [0.15, 0.2) is 42.5 Å². The third kappa shape index (κ3) is 1.80. The summed E-state index contributed by atoms with van der Waals surface area (Å²) in [7, 11) is 0. The smallest absolute Gasteiger partial charge is 0.127 e. The first-order chi connectivity index (χ1) is 10.6. The van der Waals surface area contributed by atoms with Crippen molar-refractivity contribution in [1.29, 1.82) is 0 Å². The van der Waals surface area contributed by atoms with Crippen LogP contribution in [0.2, 0.25) is 0 Å². The van der Waals surface area contributed by atoms with Gasteiger partial charge in [-0.15, -0.1) is 0 Å². The Morgan fingerprint density at radius 2 is 1.86 bits per heavy atom. The molecule has 4 heteroatoms. The molecule has 4 rings (SSSR count). The second kappa shape index (κ2) is 4.63. The van der Waals surface area contributed by atoms with E-state index in [4.69, 9.17) is 11.5 Å². The highest BCUT2D eigenvalue weighted by Gasteiger charge is 2.23. The van der Waals surface area contributed by atoms with Gasteiger partial charge >= 0.3 is 0 Å². The number of hydrogen-bond donors (Lipinski definition) is 2. The van der Waals surface area contributed by atoms with Crippen LogP contribution in [0.5, 0.6) is 0 Å². The molecule has 1 aliphatic rings. The number of nitrogens with two attached hydrogens (primary N) is 2. The summed E-state index contributed by atoms with van der Waals surface area (Å²) in [4.78, 5) is 4.08. The van der Waals surface area contributed by atoms with Gasteiger partial charge in [-0.3, -0.25) is 0 Å². The van der Waals surface area contributed by atoms with E-state index in [1.165, 1.54) is 22.2 Å². The number of pyridine rings is 1. The second-order valence-corrected chi connectivity index (χ2v) is 5.87. The van der Waals surface area contributed by atoms with Gasteiger partial charge in [-0.2, -0.15) is 0 Å². The monoisotopic (exact) mass is 290 g/mol. The Morgan fingerprint density at radius 1 is 1.14 bits per heavy atom. The number of hydrogen-bond acceptors (Lipinski definition) is 3. The van der Waals surface area contributed by atoms with Crippen molar-refractivity contribution >= 4 is 28.6 Å². The van der Waals surface area contributed by atoms with Gasteiger partial charge in [0.2, 0.25) is 0 Å². The van der Waals surface area contributed by atoms with Crippen molar-refractivity contribution in [3.63, 3.8) is 0 Å². The van der Waals surface area contributed by atoms with Gasteiger partial charge in [0.05, 0.1) is 11.2 Å². The molecule has 1 aliphatic carbocycles. The lowest BCUT2D eigenvalue weighted by molar-refractivity contribution is 0.723. The minimum Gasteiger partial charge on any atom is -0.384 e. The van der Waals surface area contributed by atoms with E-state index in [0.29, 0.717) is 17.6 Å². The molecule has 0 fully saturated rings. The van der Waals surface area contributed by atoms with Crippen molar-refractivity contribution in [2.75, 3.05) is 11.5 Å². The zero-order valence-electron chi connectivity index (χ0n) is 12.5. The molecule has 0 radical (unpaired) electrons. The summed E-state index contributed by atoms with van der Waals surface area (Å²) in [6.45, 7) is 2.26. The first-order valence-corrected chi connectivity index (χ1v) is 7.48. The molecule has 1 unspecified atom stereocenters. The number of fused-ring (bicyclic) bond motifs is 3. The number of rotatable bonds is 1. The molecule has 0 saturated heterocycles. The first kappa shape index (κ1) is 13.0. The quantitative estimate of drug-likeness (QED) is 0.717. The van der Waals surface area contributed by atoms with Crippen LogP contribution >= 0.6 is 0 Å². The maximum Gasteiger partial charge on any atom is 0.127 e. The summed E-state index contributed by atoms with van der Waals surface area (Å²) in [6, 6.07) is 12.2. The average Bonchev–Trinajstić information content (AvgIpc) is 2.82. The summed E-state index contributed by atoms with van der Waals surface area (Å²) in [6.07, 6.45) is 5.51. The first-order valence-electron chi connectivity index (χ1n) is 7.48. The molecule has 1 atom stereocenters. The topological polar surface area (TPSA) is 69.9 Å². The predicted octanol–water partition coefficient (Wildman–Crippen LogP) is 3.71. The van der Waals surface area contributed by atoms with Crippen LogP contribution in [-0.2, 0) is 0 Å². The number of para-hydroxylation sites is 1. The Bertz CT molecular complexity index is 885. The Hall–Kier alpha value is -2.75. The largest absolute Gasteiger partial charge is 0.384 e. The van der Waals surface area contributed by atoms with Crippen LogP contribution in [-0.4, -0.2) is 9.55 Å². The molecule has 22 heavy (non-hydrogen) atoms. The number of nitrogen functional groups attached to an aromatic ring is 2. The fourth-order valence-corrected chi connectivity index (χ4v) is 3.41. The van der Waals surface area contributed by atoms with Gasteiger partial charge in [-0.25, -0.2) is 4.98 Å². The van der Waals surface area contributed by atoms with E-state index in [9.17, 15) is 0 Å². The molecule has 0 bridgehead atoms. The lowest BCUT2D eigenvalue weighted by Gasteiger charge is -2.19. The van der Waals surface area contributed by atoms with Crippen LogP contribution < -0.4 is 11.5 Å². The van der Waals surface area contributed by atoms with Gasteiger partial charge in [0.15, 0.2) is 0 Å². The second-order valence-electron chi connectivity index (χ2n) is 5.87.